The van der Waals surface area contributed by atoms with Gasteiger partial charge in [0.25, 0.3) is 0 Å². The van der Waals surface area contributed by atoms with E-state index >= 15 is 0 Å². The average Bonchev–Trinajstić information content (AvgIpc) is 2.38. The van der Waals surface area contributed by atoms with E-state index in [2.05, 4.69) is 27.7 Å². The zero-order chi connectivity index (χ0) is 13.9. The van der Waals surface area contributed by atoms with Crippen molar-refractivity contribution in [3.05, 3.63) is 0 Å². The molecule has 0 spiro atoms. The number of hydrogen-bond donors (Lipinski definition) is 1. The molecule has 0 aromatic heterocycles. The molecule has 0 heterocycles. The zero-order valence-electron chi connectivity index (χ0n) is 13.9. The second kappa shape index (κ2) is 13.2. The van der Waals surface area contributed by atoms with Gasteiger partial charge < -0.3 is 6.15 Å². The van der Waals surface area contributed by atoms with Gasteiger partial charge in [0.05, 0.1) is 0 Å². The lowest BCUT2D eigenvalue weighted by Gasteiger charge is -2.36. The number of halogens is 1. The van der Waals surface area contributed by atoms with Crippen LogP contribution in [0.4, 0.5) is 0 Å². The Kier molecular flexibility index (Phi) is 15.0. The van der Waals surface area contributed by atoms with Crippen LogP contribution < -0.4 is 6.15 Å². The van der Waals surface area contributed by atoms with Crippen molar-refractivity contribution < 1.29 is 0 Å². The standard InChI is InChI=1S/C17H35Cl.H3N/c1-5-9-13-16(12-8-4)17(18,14-10-6-2)15-11-7-3;/h16H,5-15H2,1-4H3;1H3. The molecule has 0 aliphatic heterocycles. The molecule has 3 N–H and O–H groups in total. The first-order valence-corrected chi connectivity index (χ1v) is 8.71. The summed E-state index contributed by atoms with van der Waals surface area (Å²) in [5, 5.41) is 0. The first-order chi connectivity index (χ1) is 8.64. The van der Waals surface area contributed by atoms with Crippen molar-refractivity contribution in [3.8, 4) is 0 Å². The van der Waals surface area contributed by atoms with Crippen LogP contribution in [-0.4, -0.2) is 4.87 Å². The van der Waals surface area contributed by atoms with Gasteiger partial charge in [-0.1, -0.05) is 72.6 Å². The molecule has 0 rings (SSSR count). The zero-order valence-corrected chi connectivity index (χ0v) is 14.7. The minimum Gasteiger partial charge on any atom is -0.344 e. The van der Waals surface area contributed by atoms with Gasteiger partial charge in [0.15, 0.2) is 0 Å². The molecule has 0 amide bonds. The summed E-state index contributed by atoms with van der Waals surface area (Å²) in [7, 11) is 0. The van der Waals surface area contributed by atoms with Crippen LogP contribution in [-0.2, 0) is 0 Å². The minimum absolute atomic E-state index is 0. The second-order valence-electron chi connectivity index (χ2n) is 5.87. The summed E-state index contributed by atoms with van der Waals surface area (Å²) < 4.78 is 0. The Morgan fingerprint density at radius 3 is 1.58 bits per heavy atom. The molecule has 19 heavy (non-hydrogen) atoms. The van der Waals surface area contributed by atoms with E-state index in [1.807, 2.05) is 0 Å². The molecule has 0 saturated carbocycles. The summed E-state index contributed by atoms with van der Waals surface area (Å²) >= 11 is 7.08. The monoisotopic (exact) mass is 291 g/mol. The first-order valence-electron chi connectivity index (χ1n) is 8.33. The molecule has 0 aromatic rings. The van der Waals surface area contributed by atoms with E-state index < -0.39 is 0 Å². The van der Waals surface area contributed by atoms with Gasteiger partial charge in [0.1, 0.15) is 0 Å². The quantitative estimate of drug-likeness (QED) is 0.382. The fourth-order valence-corrected chi connectivity index (χ4v) is 3.42. The van der Waals surface area contributed by atoms with Crippen LogP contribution in [0.3, 0.4) is 0 Å². The Morgan fingerprint density at radius 1 is 0.737 bits per heavy atom. The predicted octanol–water partition coefficient (Wildman–Crippen LogP) is 7.11. The normalized spacial score (nSPS) is 13.1. The van der Waals surface area contributed by atoms with Gasteiger partial charge in [-0.15, -0.1) is 11.6 Å². The van der Waals surface area contributed by atoms with E-state index in [1.54, 1.807) is 0 Å². The molecule has 0 fully saturated rings. The highest BCUT2D eigenvalue weighted by molar-refractivity contribution is 6.24. The summed E-state index contributed by atoms with van der Waals surface area (Å²) in [6, 6.07) is 0. The van der Waals surface area contributed by atoms with Crippen molar-refractivity contribution in [1.82, 2.24) is 6.15 Å². The topological polar surface area (TPSA) is 35.0 Å². The third-order valence-electron chi connectivity index (χ3n) is 4.17. The first kappa shape index (κ1) is 21.5. The summed E-state index contributed by atoms with van der Waals surface area (Å²) in [6.45, 7) is 9.14. The van der Waals surface area contributed by atoms with E-state index in [0.29, 0.717) is 0 Å². The lowest BCUT2D eigenvalue weighted by molar-refractivity contribution is 0.274. The minimum atomic E-state index is 0. The van der Waals surface area contributed by atoms with Gasteiger partial charge in [-0.3, -0.25) is 0 Å². The molecule has 0 radical (unpaired) electrons. The Balaban J connectivity index is 0. The molecular weight excluding hydrogens is 254 g/mol. The molecule has 0 bridgehead atoms. The Hall–Kier alpha value is 0.250. The van der Waals surface area contributed by atoms with Crippen LogP contribution >= 0.6 is 11.6 Å². The lowest BCUT2D eigenvalue weighted by atomic mass is 9.78. The average molecular weight is 292 g/mol. The van der Waals surface area contributed by atoms with Crippen molar-refractivity contribution in [2.45, 2.75) is 103 Å². The fourth-order valence-electron chi connectivity index (χ4n) is 2.94. The molecule has 1 nitrogen and oxygen atoms in total. The molecule has 0 aliphatic carbocycles. The molecule has 0 aliphatic rings. The predicted molar refractivity (Wildman–Crippen MR) is 90.6 cm³/mol. The Bertz CT molecular complexity index is 174. The molecule has 118 valence electrons. The second-order valence-corrected chi connectivity index (χ2v) is 6.62. The maximum Gasteiger partial charge on any atom is 0.0475 e. The number of hydrogen-bond acceptors (Lipinski definition) is 1. The number of unbranched alkanes of at least 4 members (excludes halogenated alkanes) is 3. The van der Waals surface area contributed by atoms with Crippen molar-refractivity contribution in [1.29, 1.82) is 0 Å². The van der Waals surface area contributed by atoms with Gasteiger partial charge in [0, 0.05) is 4.87 Å². The maximum absolute atomic E-state index is 7.08. The van der Waals surface area contributed by atoms with Crippen molar-refractivity contribution >= 4 is 11.6 Å². The smallest absolute Gasteiger partial charge is 0.0475 e. The van der Waals surface area contributed by atoms with Gasteiger partial charge in [0.2, 0.25) is 0 Å². The lowest BCUT2D eigenvalue weighted by Crippen LogP contribution is -2.32. The van der Waals surface area contributed by atoms with Crippen LogP contribution in [0.5, 0.6) is 0 Å². The van der Waals surface area contributed by atoms with E-state index in [-0.39, 0.29) is 11.0 Å². The molecule has 0 saturated heterocycles. The fraction of sp³-hybridized carbons (Fsp3) is 1.00. The van der Waals surface area contributed by atoms with Crippen molar-refractivity contribution in [2.24, 2.45) is 5.92 Å². The molecule has 1 atom stereocenters. The van der Waals surface area contributed by atoms with Gasteiger partial charge in [-0.25, -0.2) is 0 Å². The van der Waals surface area contributed by atoms with E-state index in [4.69, 9.17) is 11.6 Å². The van der Waals surface area contributed by atoms with Crippen LogP contribution in [0.25, 0.3) is 0 Å². The van der Waals surface area contributed by atoms with E-state index in [1.165, 1.54) is 70.6 Å². The molecule has 1 unspecified atom stereocenters. The highest BCUT2D eigenvalue weighted by Crippen LogP contribution is 2.41. The van der Waals surface area contributed by atoms with Crippen LogP contribution in [0, 0.1) is 5.92 Å². The largest absolute Gasteiger partial charge is 0.344 e. The third kappa shape index (κ3) is 8.92. The molecule has 0 aromatic carbocycles. The summed E-state index contributed by atoms with van der Waals surface area (Å²) in [4.78, 5) is 0.0944. The summed E-state index contributed by atoms with van der Waals surface area (Å²) in [6.07, 6.45) is 14.1. The molecule has 2 heteroatoms. The van der Waals surface area contributed by atoms with Crippen LogP contribution in [0.2, 0.25) is 0 Å². The number of alkyl halides is 1. The number of rotatable bonds is 12. The van der Waals surface area contributed by atoms with Crippen molar-refractivity contribution in [2.75, 3.05) is 0 Å². The Morgan fingerprint density at radius 2 is 1.21 bits per heavy atom. The Labute approximate surface area is 127 Å². The molecular formula is C17H38ClN. The van der Waals surface area contributed by atoms with E-state index in [9.17, 15) is 0 Å². The van der Waals surface area contributed by atoms with Crippen molar-refractivity contribution in [3.63, 3.8) is 0 Å². The van der Waals surface area contributed by atoms with Crippen LogP contribution in [0.1, 0.15) is 98.3 Å². The van der Waals surface area contributed by atoms with Crippen LogP contribution in [0.15, 0.2) is 0 Å². The van der Waals surface area contributed by atoms with Gasteiger partial charge in [-0.05, 0) is 31.6 Å². The SMILES string of the molecule is CCCCC(CCC)C(Cl)(CCCC)CCCC.N. The third-order valence-corrected chi connectivity index (χ3v) is 4.85. The maximum atomic E-state index is 7.08. The highest BCUT2D eigenvalue weighted by Gasteiger charge is 2.34. The van der Waals surface area contributed by atoms with Gasteiger partial charge in [-0.2, -0.15) is 0 Å². The summed E-state index contributed by atoms with van der Waals surface area (Å²) in [5.41, 5.74) is 0. The summed E-state index contributed by atoms with van der Waals surface area (Å²) in [5.74, 6) is 0.738. The van der Waals surface area contributed by atoms with Gasteiger partial charge >= 0.3 is 0 Å². The highest BCUT2D eigenvalue weighted by atomic mass is 35.5. The van der Waals surface area contributed by atoms with E-state index in [0.717, 1.165) is 5.92 Å².